The van der Waals surface area contributed by atoms with Crippen LogP contribution in [0.15, 0.2) is 37.2 Å². The molecule has 2 heterocycles. The minimum atomic E-state index is -0.156. The Kier molecular flexibility index (Phi) is 4.22. The Morgan fingerprint density at radius 3 is 2.58 bits per heavy atom. The monoisotopic (exact) mass is 322 g/mol. The second kappa shape index (κ2) is 6.33. The van der Waals surface area contributed by atoms with Crippen LogP contribution < -0.4 is 0 Å². The number of nitrogens with zero attached hydrogens (tertiary/aromatic N) is 4. The first-order chi connectivity index (χ1) is 11.5. The number of rotatable bonds is 5. The maximum atomic E-state index is 12.0. The van der Waals surface area contributed by atoms with Crippen molar-refractivity contribution >= 4 is 16.7 Å². The molecule has 3 aromatic rings. The van der Waals surface area contributed by atoms with Gasteiger partial charge in [-0.15, -0.1) is 6.58 Å². The molecule has 6 nitrogen and oxygen atoms in total. The number of carbonyl (C=O) groups excluding carboxylic acids is 1. The largest absolute Gasteiger partial charge is 0.392 e. The lowest BCUT2D eigenvalue weighted by atomic mass is 10.0. The number of ketones is 1. The van der Waals surface area contributed by atoms with Crippen molar-refractivity contribution in [3.63, 3.8) is 0 Å². The van der Waals surface area contributed by atoms with E-state index in [1.54, 1.807) is 23.2 Å². The molecule has 2 aromatic heterocycles. The van der Waals surface area contributed by atoms with Gasteiger partial charge in [-0.05, 0) is 24.6 Å². The van der Waals surface area contributed by atoms with Crippen molar-refractivity contribution in [1.82, 2.24) is 19.7 Å². The average Bonchev–Trinajstić information content (AvgIpc) is 2.94. The van der Waals surface area contributed by atoms with E-state index in [0.29, 0.717) is 29.0 Å². The third-order valence-corrected chi connectivity index (χ3v) is 3.84. The first kappa shape index (κ1) is 16.0. The van der Waals surface area contributed by atoms with Crippen molar-refractivity contribution in [3.8, 4) is 11.1 Å². The Morgan fingerprint density at radius 2 is 2.00 bits per heavy atom. The van der Waals surface area contributed by atoms with Gasteiger partial charge in [0.05, 0.1) is 18.7 Å². The average molecular weight is 322 g/mol. The normalized spacial score (nSPS) is 11.0. The molecule has 0 spiro atoms. The van der Waals surface area contributed by atoms with Gasteiger partial charge in [-0.3, -0.25) is 9.48 Å². The topological polar surface area (TPSA) is 80.9 Å². The number of aliphatic hydroxyl groups is 1. The Hall–Kier alpha value is -2.86. The minimum Gasteiger partial charge on any atom is -0.392 e. The fourth-order valence-electron chi connectivity index (χ4n) is 2.75. The number of hydrogen-bond donors (Lipinski definition) is 1. The van der Waals surface area contributed by atoms with Gasteiger partial charge in [0, 0.05) is 35.8 Å². The Balaban J connectivity index is 2.31. The molecule has 1 aromatic carbocycles. The Labute approximate surface area is 139 Å². The molecular formula is C18H18N4O2. The molecule has 3 rings (SSSR count). The molecule has 0 saturated carbocycles. The summed E-state index contributed by atoms with van der Waals surface area (Å²) in [5.74, 6) is 0.564. The van der Waals surface area contributed by atoms with E-state index >= 15 is 0 Å². The van der Waals surface area contributed by atoms with E-state index in [1.165, 1.54) is 6.92 Å². The van der Waals surface area contributed by atoms with Gasteiger partial charge in [-0.1, -0.05) is 6.08 Å². The molecule has 0 atom stereocenters. The van der Waals surface area contributed by atoms with E-state index < -0.39 is 0 Å². The van der Waals surface area contributed by atoms with E-state index in [0.717, 1.165) is 16.6 Å². The van der Waals surface area contributed by atoms with Crippen molar-refractivity contribution in [2.24, 2.45) is 0 Å². The van der Waals surface area contributed by atoms with E-state index in [-0.39, 0.29) is 12.4 Å². The number of Topliss-reactive ketones (excluding diaryl/α,β-unsaturated/α-hetero) is 1. The highest BCUT2D eigenvalue weighted by molar-refractivity contribution is 6.06. The van der Waals surface area contributed by atoms with Crippen molar-refractivity contribution in [2.45, 2.75) is 27.0 Å². The lowest BCUT2D eigenvalue weighted by Crippen LogP contribution is -2.01. The second-order valence-corrected chi connectivity index (χ2v) is 5.58. The fraction of sp³-hybridized carbons (Fsp3) is 0.222. The molecule has 0 amide bonds. The molecule has 122 valence electrons. The summed E-state index contributed by atoms with van der Waals surface area (Å²) < 4.78 is 1.69. The predicted molar refractivity (Wildman–Crippen MR) is 91.6 cm³/mol. The van der Waals surface area contributed by atoms with Gasteiger partial charge < -0.3 is 5.11 Å². The fourth-order valence-corrected chi connectivity index (χ4v) is 2.75. The Morgan fingerprint density at radius 1 is 1.29 bits per heavy atom. The van der Waals surface area contributed by atoms with Gasteiger partial charge in [0.15, 0.2) is 5.78 Å². The number of fused-ring (bicyclic) bond motifs is 1. The van der Waals surface area contributed by atoms with Crippen LogP contribution in [0.25, 0.3) is 22.0 Å². The minimum absolute atomic E-state index is 0.121. The van der Waals surface area contributed by atoms with Crippen LogP contribution in [-0.2, 0) is 13.2 Å². The van der Waals surface area contributed by atoms with E-state index in [1.807, 2.05) is 19.1 Å². The lowest BCUT2D eigenvalue weighted by molar-refractivity contribution is 0.101. The molecule has 0 aliphatic heterocycles. The Bertz CT molecular complexity index is 926. The van der Waals surface area contributed by atoms with Crippen molar-refractivity contribution in [3.05, 3.63) is 54.3 Å². The first-order valence-electron chi connectivity index (χ1n) is 7.60. The summed E-state index contributed by atoms with van der Waals surface area (Å²) in [6, 6.07) is 3.77. The molecular weight excluding hydrogens is 304 g/mol. The molecule has 0 fully saturated rings. The number of aromatic nitrogens is 4. The third-order valence-electron chi connectivity index (χ3n) is 3.84. The van der Waals surface area contributed by atoms with Crippen LogP contribution in [0, 0.1) is 6.92 Å². The molecule has 0 aliphatic carbocycles. The van der Waals surface area contributed by atoms with Crippen molar-refractivity contribution in [2.75, 3.05) is 0 Å². The number of hydrogen-bond acceptors (Lipinski definition) is 5. The maximum absolute atomic E-state index is 12.0. The molecule has 6 heteroatoms. The summed E-state index contributed by atoms with van der Waals surface area (Å²) in [5, 5.41) is 14.9. The van der Waals surface area contributed by atoms with Gasteiger partial charge in [-0.2, -0.15) is 5.10 Å². The van der Waals surface area contributed by atoms with Crippen LogP contribution in [0.1, 0.15) is 28.8 Å². The standard InChI is InChI=1S/C18H18N4O2/c1-4-5-22-18-14(10-23)6-13(15-8-19-12(3)20-9-15)7-16(18)17(21-22)11(2)24/h4,6-9,23H,1,5,10H2,2-3H3. The zero-order valence-electron chi connectivity index (χ0n) is 13.7. The van der Waals surface area contributed by atoms with Gasteiger partial charge in [0.2, 0.25) is 0 Å². The van der Waals surface area contributed by atoms with Crippen molar-refractivity contribution in [1.29, 1.82) is 0 Å². The van der Waals surface area contributed by atoms with E-state index in [9.17, 15) is 9.90 Å². The zero-order valence-corrected chi connectivity index (χ0v) is 13.7. The molecule has 0 radical (unpaired) electrons. The van der Waals surface area contributed by atoms with Crippen molar-refractivity contribution < 1.29 is 9.90 Å². The summed E-state index contributed by atoms with van der Waals surface area (Å²) in [7, 11) is 0. The van der Waals surface area contributed by atoms with Gasteiger partial charge >= 0.3 is 0 Å². The van der Waals surface area contributed by atoms with E-state index in [2.05, 4.69) is 21.6 Å². The number of benzene rings is 1. The summed E-state index contributed by atoms with van der Waals surface area (Å²) in [6.07, 6.45) is 5.16. The highest BCUT2D eigenvalue weighted by Crippen LogP contribution is 2.30. The zero-order chi connectivity index (χ0) is 17.3. The van der Waals surface area contributed by atoms with Crippen LogP contribution in [0.3, 0.4) is 0 Å². The van der Waals surface area contributed by atoms with Crippen LogP contribution in [-0.4, -0.2) is 30.6 Å². The van der Waals surface area contributed by atoms with Gasteiger partial charge in [-0.25, -0.2) is 9.97 Å². The molecule has 1 N–H and O–H groups in total. The first-order valence-corrected chi connectivity index (χ1v) is 7.60. The number of carbonyl (C=O) groups is 1. The van der Waals surface area contributed by atoms with Crippen LogP contribution >= 0.6 is 0 Å². The predicted octanol–water partition coefficient (Wildman–Crippen LogP) is 2.68. The van der Waals surface area contributed by atoms with Crippen LogP contribution in [0.5, 0.6) is 0 Å². The van der Waals surface area contributed by atoms with Gasteiger partial charge in [0.1, 0.15) is 11.5 Å². The molecule has 0 aliphatic rings. The summed E-state index contributed by atoms with van der Waals surface area (Å²) in [4.78, 5) is 20.4. The summed E-state index contributed by atoms with van der Waals surface area (Å²) in [6.45, 7) is 7.33. The van der Waals surface area contributed by atoms with Crippen LogP contribution in [0.2, 0.25) is 0 Å². The second-order valence-electron chi connectivity index (χ2n) is 5.58. The highest BCUT2D eigenvalue weighted by Gasteiger charge is 2.18. The summed E-state index contributed by atoms with van der Waals surface area (Å²) >= 11 is 0. The molecule has 0 bridgehead atoms. The lowest BCUT2D eigenvalue weighted by Gasteiger charge is -2.08. The van der Waals surface area contributed by atoms with Gasteiger partial charge in [0.25, 0.3) is 0 Å². The molecule has 24 heavy (non-hydrogen) atoms. The molecule has 0 unspecified atom stereocenters. The van der Waals surface area contributed by atoms with E-state index in [4.69, 9.17) is 0 Å². The van der Waals surface area contributed by atoms with Crippen LogP contribution in [0.4, 0.5) is 0 Å². The molecule has 0 saturated heterocycles. The summed E-state index contributed by atoms with van der Waals surface area (Å²) in [5.41, 5.74) is 3.50. The quantitative estimate of drug-likeness (QED) is 0.577. The smallest absolute Gasteiger partial charge is 0.180 e. The number of aliphatic hydroxyl groups excluding tert-OH is 1. The maximum Gasteiger partial charge on any atom is 0.180 e. The SMILES string of the molecule is C=CCn1nc(C(C)=O)c2cc(-c3cnc(C)nc3)cc(CO)c21. The number of aryl methyl sites for hydroxylation is 1. The number of allylic oxidation sites excluding steroid dienone is 1. The highest BCUT2D eigenvalue weighted by atomic mass is 16.3. The third kappa shape index (κ3) is 2.72.